The number of anilines is 1. The molecule has 7 heteroatoms. The summed E-state index contributed by atoms with van der Waals surface area (Å²) in [5.74, 6) is 0.730. The third-order valence-corrected chi connectivity index (χ3v) is 3.55. The molecule has 0 saturated heterocycles. The smallest absolute Gasteiger partial charge is 0.354 e. The average Bonchev–Trinajstić information content (AvgIpc) is 2.86. The van der Waals surface area contributed by atoms with E-state index in [9.17, 15) is 13.2 Å². The molecule has 0 unspecified atom stereocenters. The van der Waals surface area contributed by atoms with Gasteiger partial charge in [-0.15, -0.1) is 0 Å². The number of aromatic nitrogens is 3. The first-order chi connectivity index (χ1) is 10.8. The van der Waals surface area contributed by atoms with E-state index in [-0.39, 0.29) is 0 Å². The van der Waals surface area contributed by atoms with Crippen LogP contribution in [0.1, 0.15) is 16.8 Å². The quantitative estimate of drug-likeness (QED) is 0.738. The molecule has 3 aromatic rings. The Morgan fingerprint density at radius 3 is 2.52 bits per heavy atom. The zero-order valence-corrected chi connectivity index (χ0v) is 12.7. The Labute approximate surface area is 131 Å². The molecule has 0 N–H and O–H groups in total. The van der Waals surface area contributed by atoms with Gasteiger partial charge in [0.2, 0.25) is 0 Å². The molecule has 0 aliphatic carbocycles. The molecular formula is C16H15F3N4. The third kappa shape index (κ3) is 3.13. The Morgan fingerprint density at radius 1 is 1.17 bits per heavy atom. The first-order valence-electron chi connectivity index (χ1n) is 7.03. The highest BCUT2D eigenvalue weighted by Crippen LogP contribution is 2.29. The number of rotatable bonds is 3. The van der Waals surface area contributed by atoms with Gasteiger partial charge in [0, 0.05) is 26.0 Å². The Morgan fingerprint density at radius 2 is 1.87 bits per heavy atom. The summed E-state index contributed by atoms with van der Waals surface area (Å²) in [6, 6.07) is 7.09. The molecule has 0 aliphatic heterocycles. The lowest BCUT2D eigenvalue weighted by atomic mass is 10.1. The van der Waals surface area contributed by atoms with Gasteiger partial charge < -0.3 is 4.90 Å². The zero-order chi connectivity index (χ0) is 16.6. The van der Waals surface area contributed by atoms with Crippen LogP contribution in [0.2, 0.25) is 0 Å². The second-order valence-corrected chi connectivity index (χ2v) is 5.42. The number of halogens is 3. The van der Waals surface area contributed by atoms with Crippen molar-refractivity contribution < 1.29 is 13.2 Å². The summed E-state index contributed by atoms with van der Waals surface area (Å²) in [5.41, 5.74) is 1.87. The van der Waals surface area contributed by atoms with Gasteiger partial charge in [0.25, 0.3) is 0 Å². The van der Waals surface area contributed by atoms with E-state index in [1.807, 2.05) is 24.9 Å². The van der Waals surface area contributed by atoms with Crippen molar-refractivity contribution in [1.82, 2.24) is 14.6 Å². The van der Waals surface area contributed by atoms with Crippen molar-refractivity contribution >= 4 is 11.3 Å². The maximum atomic E-state index is 12.6. The van der Waals surface area contributed by atoms with E-state index in [1.54, 1.807) is 16.9 Å². The van der Waals surface area contributed by atoms with Crippen molar-refractivity contribution in [3.8, 4) is 0 Å². The molecule has 1 aromatic carbocycles. The van der Waals surface area contributed by atoms with E-state index >= 15 is 0 Å². The van der Waals surface area contributed by atoms with Crippen molar-refractivity contribution in [3.63, 3.8) is 0 Å². The lowest BCUT2D eigenvalue weighted by Gasteiger charge is -2.19. The first kappa shape index (κ1) is 15.3. The highest BCUT2D eigenvalue weighted by molar-refractivity contribution is 5.68. The van der Waals surface area contributed by atoms with Crippen LogP contribution in [-0.4, -0.2) is 21.6 Å². The van der Waals surface area contributed by atoms with Crippen LogP contribution in [-0.2, 0) is 12.7 Å². The Bertz CT molecular complexity index is 821. The van der Waals surface area contributed by atoms with Crippen LogP contribution >= 0.6 is 0 Å². The largest absolute Gasteiger partial charge is 0.416 e. The molecule has 3 rings (SSSR count). The summed E-state index contributed by atoms with van der Waals surface area (Å²) in [5, 5.41) is 4.33. The van der Waals surface area contributed by atoms with E-state index in [1.165, 1.54) is 12.1 Å². The minimum atomic E-state index is -4.31. The fraction of sp³-hybridized carbons (Fsp3) is 0.250. The van der Waals surface area contributed by atoms with Gasteiger partial charge in [0.05, 0.1) is 11.3 Å². The molecule has 0 spiro atoms. The number of nitrogens with zero attached hydrogens (tertiary/aromatic N) is 4. The number of aryl methyl sites for hydroxylation is 1. The summed E-state index contributed by atoms with van der Waals surface area (Å²) < 4.78 is 39.5. The molecule has 0 radical (unpaired) electrons. The number of hydrogen-bond donors (Lipinski definition) is 0. The van der Waals surface area contributed by atoms with Gasteiger partial charge in [0.1, 0.15) is 5.52 Å². The van der Waals surface area contributed by atoms with Crippen molar-refractivity contribution in [2.24, 2.45) is 0 Å². The number of fused-ring (bicyclic) bond motifs is 1. The molecule has 0 bridgehead atoms. The fourth-order valence-corrected chi connectivity index (χ4v) is 2.47. The SMILES string of the molecule is Cc1cc2c(N(C)Cc3ccc(C(F)(F)F)cc3)nccn2n1. The Balaban J connectivity index is 1.84. The molecule has 0 amide bonds. The zero-order valence-electron chi connectivity index (χ0n) is 12.7. The van der Waals surface area contributed by atoms with Crippen LogP contribution in [0.4, 0.5) is 19.0 Å². The van der Waals surface area contributed by atoms with E-state index in [4.69, 9.17) is 0 Å². The van der Waals surface area contributed by atoms with E-state index in [2.05, 4.69) is 10.1 Å². The van der Waals surface area contributed by atoms with Crippen LogP contribution in [0.15, 0.2) is 42.7 Å². The number of hydrogen-bond acceptors (Lipinski definition) is 3. The van der Waals surface area contributed by atoms with Crippen molar-refractivity contribution in [1.29, 1.82) is 0 Å². The van der Waals surface area contributed by atoms with Gasteiger partial charge >= 0.3 is 6.18 Å². The highest BCUT2D eigenvalue weighted by atomic mass is 19.4. The summed E-state index contributed by atoms with van der Waals surface area (Å²) in [6.45, 7) is 2.35. The van der Waals surface area contributed by atoms with E-state index in [0.29, 0.717) is 6.54 Å². The predicted molar refractivity (Wildman–Crippen MR) is 81.3 cm³/mol. The molecule has 2 aromatic heterocycles. The topological polar surface area (TPSA) is 33.4 Å². The Hall–Kier alpha value is -2.57. The molecule has 0 aliphatic rings. The summed E-state index contributed by atoms with van der Waals surface area (Å²) >= 11 is 0. The van der Waals surface area contributed by atoms with Crippen LogP contribution in [0, 0.1) is 6.92 Å². The highest BCUT2D eigenvalue weighted by Gasteiger charge is 2.29. The lowest BCUT2D eigenvalue weighted by molar-refractivity contribution is -0.137. The van der Waals surface area contributed by atoms with Crippen LogP contribution in [0.3, 0.4) is 0 Å². The summed E-state index contributed by atoms with van der Waals surface area (Å²) in [7, 11) is 1.85. The maximum Gasteiger partial charge on any atom is 0.416 e. The first-order valence-corrected chi connectivity index (χ1v) is 7.03. The fourth-order valence-electron chi connectivity index (χ4n) is 2.47. The van der Waals surface area contributed by atoms with Crippen molar-refractivity contribution in [2.45, 2.75) is 19.6 Å². The molecule has 0 saturated carbocycles. The molecule has 4 nitrogen and oxygen atoms in total. The second kappa shape index (κ2) is 5.57. The minimum absolute atomic E-state index is 0.453. The summed E-state index contributed by atoms with van der Waals surface area (Å²) in [6.07, 6.45) is -0.900. The number of alkyl halides is 3. The molecule has 120 valence electrons. The molecule has 23 heavy (non-hydrogen) atoms. The lowest BCUT2D eigenvalue weighted by Crippen LogP contribution is -2.18. The Kier molecular flexibility index (Phi) is 3.71. The van der Waals surface area contributed by atoms with Crippen molar-refractivity contribution in [2.75, 3.05) is 11.9 Å². The third-order valence-electron chi connectivity index (χ3n) is 3.55. The molecule has 0 fully saturated rings. The molecular weight excluding hydrogens is 305 g/mol. The van der Waals surface area contributed by atoms with Gasteiger partial charge in [-0.2, -0.15) is 18.3 Å². The average molecular weight is 320 g/mol. The molecule has 0 atom stereocenters. The van der Waals surface area contributed by atoms with Gasteiger partial charge in [-0.1, -0.05) is 12.1 Å². The normalized spacial score (nSPS) is 11.9. The van der Waals surface area contributed by atoms with E-state index < -0.39 is 11.7 Å². The monoisotopic (exact) mass is 320 g/mol. The summed E-state index contributed by atoms with van der Waals surface area (Å²) in [4.78, 5) is 6.25. The van der Waals surface area contributed by atoms with Crippen LogP contribution in [0.5, 0.6) is 0 Å². The van der Waals surface area contributed by atoms with Gasteiger partial charge in [-0.05, 0) is 30.7 Å². The second-order valence-electron chi connectivity index (χ2n) is 5.42. The van der Waals surface area contributed by atoms with E-state index in [0.717, 1.165) is 34.7 Å². The number of benzene rings is 1. The van der Waals surface area contributed by atoms with Gasteiger partial charge in [-0.3, -0.25) is 0 Å². The standard InChI is InChI=1S/C16H15F3N4/c1-11-9-14-15(20-7-8-23(14)21-11)22(2)10-12-3-5-13(6-4-12)16(17,18)19/h3-9H,10H2,1-2H3. The predicted octanol–water partition coefficient (Wildman–Crippen LogP) is 3.69. The minimum Gasteiger partial charge on any atom is -0.354 e. The van der Waals surface area contributed by atoms with Crippen LogP contribution < -0.4 is 4.90 Å². The molecule has 2 heterocycles. The maximum absolute atomic E-state index is 12.6. The van der Waals surface area contributed by atoms with Crippen molar-refractivity contribution in [3.05, 3.63) is 59.5 Å². The van der Waals surface area contributed by atoms with Gasteiger partial charge in [-0.25, -0.2) is 9.50 Å². The van der Waals surface area contributed by atoms with Crippen LogP contribution in [0.25, 0.3) is 5.52 Å². The van der Waals surface area contributed by atoms with Gasteiger partial charge in [0.15, 0.2) is 5.82 Å².